The molecule has 1 unspecified atom stereocenters. The highest BCUT2D eigenvalue weighted by Gasteiger charge is 2.13. The van der Waals surface area contributed by atoms with Crippen molar-refractivity contribution in [3.05, 3.63) is 30.1 Å². The van der Waals surface area contributed by atoms with E-state index in [2.05, 4.69) is 11.9 Å². The van der Waals surface area contributed by atoms with E-state index in [0.717, 1.165) is 24.9 Å². The van der Waals surface area contributed by atoms with Crippen LogP contribution in [0.1, 0.15) is 38.7 Å². The number of rotatable bonds is 8. The topological polar surface area (TPSA) is 59.2 Å². The fraction of sp³-hybridized carbons (Fsp3) is 0.600. The number of aromatic nitrogens is 1. The summed E-state index contributed by atoms with van der Waals surface area (Å²) in [5, 5.41) is 0. The maximum absolute atomic E-state index is 12.2. The van der Waals surface area contributed by atoms with E-state index in [9.17, 15) is 4.79 Å². The summed E-state index contributed by atoms with van der Waals surface area (Å²) in [6.45, 7) is 6.28. The minimum absolute atomic E-state index is 0.225. The molecule has 1 atom stereocenters. The number of nitrogens with two attached hydrogens (primary N) is 1. The Kier molecular flexibility index (Phi) is 7.11. The Labute approximate surface area is 116 Å². The molecule has 0 saturated carbocycles. The summed E-state index contributed by atoms with van der Waals surface area (Å²) in [4.78, 5) is 18.0. The third-order valence-corrected chi connectivity index (χ3v) is 3.37. The molecule has 1 rings (SSSR count). The molecule has 106 valence electrons. The van der Waals surface area contributed by atoms with E-state index in [0.29, 0.717) is 25.4 Å². The van der Waals surface area contributed by atoms with Gasteiger partial charge in [-0.2, -0.15) is 0 Å². The molecule has 0 aromatic carbocycles. The zero-order valence-electron chi connectivity index (χ0n) is 12.0. The molecule has 4 nitrogen and oxygen atoms in total. The average molecular weight is 263 g/mol. The van der Waals surface area contributed by atoms with E-state index in [1.807, 2.05) is 24.0 Å². The summed E-state index contributed by atoms with van der Waals surface area (Å²) in [5.74, 6) is 0.747. The quantitative estimate of drug-likeness (QED) is 0.782. The van der Waals surface area contributed by atoms with Gasteiger partial charge in [0.25, 0.3) is 0 Å². The molecule has 0 aliphatic rings. The van der Waals surface area contributed by atoms with Crippen LogP contribution in [0, 0.1) is 5.92 Å². The first kappa shape index (κ1) is 15.6. The molecule has 0 saturated heterocycles. The Bertz CT molecular complexity index is 367. The summed E-state index contributed by atoms with van der Waals surface area (Å²) in [7, 11) is 0. The van der Waals surface area contributed by atoms with Crippen molar-refractivity contribution in [3.63, 3.8) is 0 Å². The van der Waals surface area contributed by atoms with E-state index in [4.69, 9.17) is 5.73 Å². The maximum atomic E-state index is 12.2. The summed E-state index contributed by atoms with van der Waals surface area (Å²) in [6, 6.07) is 3.90. The second-order valence-corrected chi connectivity index (χ2v) is 4.98. The molecule has 1 heterocycles. The molecule has 0 bridgehead atoms. The fourth-order valence-corrected chi connectivity index (χ4v) is 2.04. The van der Waals surface area contributed by atoms with Gasteiger partial charge in [-0.3, -0.25) is 9.78 Å². The van der Waals surface area contributed by atoms with Gasteiger partial charge in [0.1, 0.15) is 0 Å². The highest BCUT2D eigenvalue weighted by atomic mass is 16.2. The van der Waals surface area contributed by atoms with Crippen LogP contribution in [-0.4, -0.2) is 28.9 Å². The predicted molar refractivity (Wildman–Crippen MR) is 77.4 cm³/mol. The van der Waals surface area contributed by atoms with Crippen LogP contribution in [0.15, 0.2) is 24.5 Å². The Balaban J connectivity index is 2.44. The number of carbonyl (C=O) groups is 1. The number of carbonyl (C=O) groups excluding carboxylic acids is 1. The highest BCUT2D eigenvalue weighted by molar-refractivity contribution is 5.76. The Morgan fingerprint density at radius 2 is 2.05 bits per heavy atom. The van der Waals surface area contributed by atoms with Crippen LogP contribution in [0.3, 0.4) is 0 Å². The molecule has 1 amide bonds. The molecule has 0 aliphatic heterocycles. The number of hydrogen-bond donors (Lipinski definition) is 1. The molecule has 0 radical (unpaired) electrons. The summed E-state index contributed by atoms with van der Waals surface area (Å²) < 4.78 is 0. The minimum Gasteiger partial charge on any atom is -0.339 e. The fourth-order valence-electron chi connectivity index (χ4n) is 2.04. The molecule has 2 N–H and O–H groups in total. The van der Waals surface area contributed by atoms with Gasteiger partial charge in [-0.05, 0) is 49.9 Å². The van der Waals surface area contributed by atoms with Crippen molar-refractivity contribution >= 4 is 5.91 Å². The number of nitrogens with zero attached hydrogens (tertiary/aromatic N) is 2. The van der Waals surface area contributed by atoms with Crippen molar-refractivity contribution in [2.75, 3.05) is 13.1 Å². The molecule has 4 heteroatoms. The van der Waals surface area contributed by atoms with Gasteiger partial charge in [-0.1, -0.05) is 6.92 Å². The lowest BCUT2D eigenvalue weighted by Crippen LogP contribution is -2.30. The largest absolute Gasteiger partial charge is 0.339 e. The van der Waals surface area contributed by atoms with Crippen LogP contribution in [0.5, 0.6) is 0 Å². The number of amides is 1. The monoisotopic (exact) mass is 263 g/mol. The molecule has 0 spiro atoms. The van der Waals surface area contributed by atoms with Gasteiger partial charge in [-0.25, -0.2) is 0 Å². The molecule has 1 aromatic heterocycles. The molecular weight excluding hydrogens is 238 g/mol. The van der Waals surface area contributed by atoms with Crippen LogP contribution >= 0.6 is 0 Å². The zero-order chi connectivity index (χ0) is 14.1. The second-order valence-electron chi connectivity index (χ2n) is 4.98. The van der Waals surface area contributed by atoms with Gasteiger partial charge in [0, 0.05) is 31.9 Å². The van der Waals surface area contributed by atoms with Crippen molar-refractivity contribution < 1.29 is 4.79 Å². The van der Waals surface area contributed by atoms with E-state index < -0.39 is 0 Å². The van der Waals surface area contributed by atoms with E-state index in [1.54, 1.807) is 12.4 Å². The van der Waals surface area contributed by atoms with Crippen LogP contribution in [-0.2, 0) is 11.3 Å². The number of pyridine rings is 1. The van der Waals surface area contributed by atoms with Crippen LogP contribution in [0.2, 0.25) is 0 Å². The van der Waals surface area contributed by atoms with Crippen molar-refractivity contribution in [2.24, 2.45) is 11.7 Å². The van der Waals surface area contributed by atoms with Gasteiger partial charge in [0.05, 0.1) is 0 Å². The first-order valence-electron chi connectivity index (χ1n) is 7.04. The molecule has 0 fully saturated rings. The predicted octanol–water partition coefficient (Wildman–Crippen LogP) is 2.20. The summed E-state index contributed by atoms with van der Waals surface area (Å²) in [6.07, 6.45) is 6.04. The van der Waals surface area contributed by atoms with Gasteiger partial charge in [-0.15, -0.1) is 0 Å². The number of hydrogen-bond acceptors (Lipinski definition) is 3. The maximum Gasteiger partial charge on any atom is 0.222 e. The van der Waals surface area contributed by atoms with Gasteiger partial charge in [0.15, 0.2) is 0 Å². The lowest BCUT2D eigenvalue weighted by molar-refractivity contribution is -0.131. The third kappa shape index (κ3) is 5.83. The van der Waals surface area contributed by atoms with Gasteiger partial charge < -0.3 is 10.6 Å². The summed E-state index contributed by atoms with van der Waals surface area (Å²) in [5.41, 5.74) is 6.65. The van der Waals surface area contributed by atoms with Crippen LogP contribution < -0.4 is 5.73 Å². The van der Waals surface area contributed by atoms with E-state index >= 15 is 0 Å². The summed E-state index contributed by atoms with van der Waals surface area (Å²) >= 11 is 0. The SMILES string of the molecule is CCN(Cc1ccncc1)C(=O)CCC(C)CCN. The molecular formula is C15H25N3O. The van der Waals surface area contributed by atoms with E-state index in [1.165, 1.54) is 0 Å². The smallest absolute Gasteiger partial charge is 0.222 e. The van der Waals surface area contributed by atoms with Crippen molar-refractivity contribution in [1.29, 1.82) is 0 Å². The first-order valence-corrected chi connectivity index (χ1v) is 7.04. The van der Waals surface area contributed by atoms with Crippen molar-refractivity contribution in [1.82, 2.24) is 9.88 Å². The van der Waals surface area contributed by atoms with E-state index in [-0.39, 0.29) is 5.91 Å². The molecule has 19 heavy (non-hydrogen) atoms. The highest BCUT2D eigenvalue weighted by Crippen LogP contribution is 2.12. The molecule has 1 aromatic rings. The Morgan fingerprint density at radius 3 is 2.63 bits per heavy atom. The van der Waals surface area contributed by atoms with Crippen LogP contribution in [0.25, 0.3) is 0 Å². The third-order valence-electron chi connectivity index (χ3n) is 3.37. The average Bonchev–Trinajstić information content (AvgIpc) is 2.43. The standard InChI is InChI=1S/C15H25N3O/c1-3-18(12-14-7-10-17-11-8-14)15(19)5-4-13(2)6-9-16/h7-8,10-11,13H,3-6,9,12,16H2,1-2H3. The van der Waals surface area contributed by atoms with Gasteiger partial charge in [0.2, 0.25) is 5.91 Å². The van der Waals surface area contributed by atoms with Crippen LogP contribution in [0.4, 0.5) is 0 Å². The zero-order valence-corrected chi connectivity index (χ0v) is 12.0. The lowest BCUT2D eigenvalue weighted by atomic mass is 10.0. The Morgan fingerprint density at radius 1 is 1.37 bits per heavy atom. The first-order chi connectivity index (χ1) is 9.17. The van der Waals surface area contributed by atoms with Crippen molar-refractivity contribution in [3.8, 4) is 0 Å². The minimum atomic E-state index is 0.225. The van der Waals surface area contributed by atoms with Gasteiger partial charge >= 0.3 is 0 Å². The molecule has 0 aliphatic carbocycles. The normalized spacial score (nSPS) is 12.2. The lowest BCUT2D eigenvalue weighted by Gasteiger charge is -2.21. The van der Waals surface area contributed by atoms with Crippen molar-refractivity contribution in [2.45, 2.75) is 39.7 Å². The Hall–Kier alpha value is -1.42. The second kappa shape index (κ2) is 8.64.